The SMILES string of the molecule is CCC(N)C(Sc1ncc(C)cn1)c1ccco1. The van der Waals surface area contributed by atoms with Crippen molar-refractivity contribution < 1.29 is 4.42 Å². The molecule has 0 saturated carbocycles. The van der Waals surface area contributed by atoms with Gasteiger partial charge >= 0.3 is 0 Å². The molecule has 2 aromatic rings. The largest absolute Gasteiger partial charge is 0.468 e. The summed E-state index contributed by atoms with van der Waals surface area (Å²) in [7, 11) is 0. The Balaban J connectivity index is 2.17. The van der Waals surface area contributed by atoms with Gasteiger partial charge < -0.3 is 10.2 Å². The summed E-state index contributed by atoms with van der Waals surface area (Å²) in [4.78, 5) is 8.60. The molecule has 96 valence electrons. The van der Waals surface area contributed by atoms with Crippen molar-refractivity contribution in [3.05, 3.63) is 42.1 Å². The first kappa shape index (κ1) is 13.1. The van der Waals surface area contributed by atoms with Crippen molar-refractivity contribution in [2.24, 2.45) is 5.73 Å². The molecule has 2 aromatic heterocycles. The van der Waals surface area contributed by atoms with Crippen LogP contribution in [0.2, 0.25) is 0 Å². The molecule has 2 heterocycles. The standard InChI is InChI=1S/C13H17N3OS/c1-3-10(14)12(11-5-4-6-17-11)18-13-15-7-9(2)8-16-13/h4-8,10,12H,3,14H2,1-2H3. The number of rotatable bonds is 5. The normalized spacial score (nSPS) is 14.4. The molecule has 0 aliphatic heterocycles. The van der Waals surface area contributed by atoms with Crippen LogP contribution in [0.25, 0.3) is 0 Å². The fraction of sp³-hybridized carbons (Fsp3) is 0.385. The summed E-state index contributed by atoms with van der Waals surface area (Å²) in [5.74, 6) is 0.874. The van der Waals surface area contributed by atoms with Gasteiger partial charge in [-0.1, -0.05) is 18.7 Å². The zero-order valence-electron chi connectivity index (χ0n) is 10.5. The van der Waals surface area contributed by atoms with Gasteiger partial charge in [-0.3, -0.25) is 0 Å². The summed E-state index contributed by atoms with van der Waals surface area (Å²) >= 11 is 1.55. The Kier molecular flexibility index (Phi) is 4.38. The van der Waals surface area contributed by atoms with Crippen molar-refractivity contribution >= 4 is 11.8 Å². The van der Waals surface area contributed by atoms with E-state index < -0.39 is 0 Å². The predicted molar refractivity (Wildman–Crippen MR) is 72.3 cm³/mol. The average molecular weight is 263 g/mol. The first-order chi connectivity index (χ1) is 8.70. The van der Waals surface area contributed by atoms with Crippen LogP contribution < -0.4 is 5.73 Å². The number of furan rings is 1. The molecule has 5 heteroatoms. The van der Waals surface area contributed by atoms with E-state index in [1.165, 1.54) is 0 Å². The quantitative estimate of drug-likeness (QED) is 0.663. The molecule has 0 aliphatic rings. The summed E-state index contributed by atoms with van der Waals surface area (Å²) in [6, 6.07) is 3.84. The molecule has 2 atom stereocenters. The second-order valence-electron chi connectivity index (χ2n) is 4.17. The second kappa shape index (κ2) is 6.02. The second-order valence-corrected chi connectivity index (χ2v) is 5.28. The molecule has 0 radical (unpaired) electrons. The lowest BCUT2D eigenvalue weighted by Gasteiger charge is -2.19. The van der Waals surface area contributed by atoms with Gasteiger partial charge in [0, 0.05) is 18.4 Å². The Morgan fingerprint density at radius 1 is 1.39 bits per heavy atom. The first-order valence-electron chi connectivity index (χ1n) is 5.95. The molecule has 0 spiro atoms. The number of aromatic nitrogens is 2. The number of aryl methyl sites for hydroxylation is 1. The van der Waals surface area contributed by atoms with Gasteiger partial charge in [-0.2, -0.15) is 0 Å². The highest BCUT2D eigenvalue weighted by Gasteiger charge is 2.23. The van der Waals surface area contributed by atoms with Crippen LogP contribution in [0.5, 0.6) is 0 Å². The Hall–Kier alpha value is -1.33. The Bertz CT molecular complexity index is 469. The molecule has 0 aliphatic carbocycles. The Morgan fingerprint density at radius 2 is 2.11 bits per heavy atom. The fourth-order valence-corrected chi connectivity index (χ4v) is 2.65. The summed E-state index contributed by atoms with van der Waals surface area (Å²) in [5.41, 5.74) is 7.20. The molecular formula is C13H17N3OS. The molecular weight excluding hydrogens is 246 g/mol. The van der Waals surface area contributed by atoms with Gasteiger partial charge in [0.25, 0.3) is 0 Å². The molecule has 0 saturated heterocycles. The van der Waals surface area contributed by atoms with E-state index >= 15 is 0 Å². The Morgan fingerprint density at radius 3 is 2.67 bits per heavy atom. The van der Waals surface area contributed by atoms with Crippen molar-refractivity contribution in [3.63, 3.8) is 0 Å². The molecule has 2 rings (SSSR count). The summed E-state index contributed by atoms with van der Waals surface area (Å²) in [6.07, 6.45) is 6.17. The van der Waals surface area contributed by atoms with Crippen LogP contribution in [0, 0.1) is 6.92 Å². The minimum atomic E-state index is 0.0195. The minimum Gasteiger partial charge on any atom is -0.468 e. The molecule has 2 unspecified atom stereocenters. The zero-order valence-corrected chi connectivity index (χ0v) is 11.4. The maximum Gasteiger partial charge on any atom is 0.188 e. The van der Waals surface area contributed by atoms with Crippen LogP contribution in [0.4, 0.5) is 0 Å². The van der Waals surface area contributed by atoms with Crippen molar-refractivity contribution in [2.75, 3.05) is 0 Å². The smallest absolute Gasteiger partial charge is 0.188 e. The van der Waals surface area contributed by atoms with Gasteiger partial charge in [-0.15, -0.1) is 0 Å². The molecule has 0 fully saturated rings. The highest BCUT2D eigenvalue weighted by atomic mass is 32.2. The van der Waals surface area contributed by atoms with E-state index in [0.29, 0.717) is 0 Å². The minimum absolute atomic E-state index is 0.0195. The van der Waals surface area contributed by atoms with Crippen molar-refractivity contribution in [1.82, 2.24) is 9.97 Å². The van der Waals surface area contributed by atoms with Crippen molar-refractivity contribution in [3.8, 4) is 0 Å². The van der Waals surface area contributed by atoms with Gasteiger partial charge in [-0.25, -0.2) is 9.97 Å². The van der Waals surface area contributed by atoms with E-state index in [4.69, 9.17) is 10.2 Å². The number of hydrogen-bond acceptors (Lipinski definition) is 5. The van der Waals surface area contributed by atoms with Gasteiger partial charge in [0.2, 0.25) is 0 Å². The van der Waals surface area contributed by atoms with Gasteiger partial charge in [0.05, 0.1) is 11.5 Å². The summed E-state index contributed by atoms with van der Waals surface area (Å²) in [5, 5.41) is 0.776. The van der Waals surface area contributed by atoms with E-state index in [1.54, 1.807) is 18.0 Å². The molecule has 0 amide bonds. The van der Waals surface area contributed by atoms with E-state index in [9.17, 15) is 0 Å². The van der Waals surface area contributed by atoms with Crippen LogP contribution in [0.1, 0.15) is 29.9 Å². The lowest BCUT2D eigenvalue weighted by molar-refractivity contribution is 0.473. The highest BCUT2D eigenvalue weighted by molar-refractivity contribution is 7.99. The van der Waals surface area contributed by atoms with E-state index in [0.717, 1.165) is 22.9 Å². The summed E-state index contributed by atoms with van der Waals surface area (Å²) < 4.78 is 5.46. The van der Waals surface area contributed by atoms with Crippen LogP contribution in [0.15, 0.2) is 40.4 Å². The van der Waals surface area contributed by atoms with Crippen molar-refractivity contribution in [2.45, 2.75) is 36.7 Å². The fourth-order valence-electron chi connectivity index (χ4n) is 1.58. The lowest BCUT2D eigenvalue weighted by Crippen LogP contribution is -2.25. The predicted octanol–water partition coefficient (Wildman–Crippen LogP) is 2.95. The number of nitrogens with zero attached hydrogens (tertiary/aromatic N) is 2. The molecule has 4 nitrogen and oxygen atoms in total. The van der Waals surface area contributed by atoms with E-state index in [1.807, 2.05) is 31.5 Å². The number of nitrogens with two attached hydrogens (primary N) is 1. The third-order valence-electron chi connectivity index (χ3n) is 2.67. The maximum atomic E-state index is 6.15. The van der Waals surface area contributed by atoms with Crippen LogP contribution in [-0.4, -0.2) is 16.0 Å². The van der Waals surface area contributed by atoms with E-state index in [-0.39, 0.29) is 11.3 Å². The average Bonchev–Trinajstić information content (AvgIpc) is 2.91. The first-order valence-corrected chi connectivity index (χ1v) is 6.83. The zero-order chi connectivity index (χ0) is 13.0. The van der Waals surface area contributed by atoms with Crippen LogP contribution in [0.3, 0.4) is 0 Å². The van der Waals surface area contributed by atoms with Crippen molar-refractivity contribution in [1.29, 1.82) is 0 Å². The lowest BCUT2D eigenvalue weighted by atomic mass is 10.1. The van der Waals surface area contributed by atoms with Gasteiger partial charge in [-0.05, 0) is 31.0 Å². The molecule has 0 aromatic carbocycles. The molecule has 0 bridgehead atoms. The van der Waals surface area contributed by atoms with Crippen LogP contribution in [-0.2, 0) is 0 Å². The van der Waals surface area contributed by atoms with E-state index in [2.05, 4.69) is 16.9 Å². The topological polar surface area (TPSA) is 64.9 Å². The van der Waals surface area contributed by atoms with Crippen LogP contribution >= 0.6 is 11.8 Å². The number of thioether (sulfide) groups is 1. The number of hydrogen-bond donors (Lipinski definition) is 1. The van der Waals surface area contributed by atoms with Gasteiger partial charge in [0.1, 0.15) is 5.76 Å². The molecule has 18 heavy (non-hydrogen) atoms. The Labute approximate surface area is 111 Å². The van der Waals surface area contributed by atoms with Gasteiger partial charge in [0.15, 0.2) is 5.16 Å². The maximum absolute atomic E-state index is 6.15. The summed E-state index contributed by atoms with van der Waals surface area (Å²) in [6.45, 7) is 4.04. The molecule has 2 N–H and O–H groups in total. The monoisotopic (exact) mass is 263 g/mol. The highest BCUT2D eigenvalue weighted by Crippen LogP contribution is 2.36. The third kappa shape index (κ3) is 3.11. The third-order valence-corrected chi connectivity index (χ3v) is 3.93.